The number of primary amides is 1. The average Bonchev–Trinajstić information content (AvgIpc) is 2.55. The quantitative estimate of drug-likeness (QED) is 0.716. The fraction of sp³-hybridized carbons (Fsp3) is 0.235. The number of rotatable bonds is 7. The van der Waals surface area contributed by atoms with E-state index >= 15 is 0 Å². The van der Waals surface area contributed by atoms with Gasteiger partial charge in [-0.25, -0.2) is 4.79 Å². The van der Waals surface area contributed by atoms with E-state index < -0.39 is 12.1 Å². The molecule has 24 heavy (non-hydrogen) atoms. The molecule has 126 valence electrons. The van der Waals surface area contributed by atoms with Crippen LogP contribution in [0.4, 0.5) is 4.79 Å². The smallest absolute Gasteiger partial charge is 0.312 e. The van der Waals surface area contributed by atoms with Crippen molar-refractivity contribution in [3.8, 4) is 0 Å². The van der Waals surface area contributed by atoms with E-state index in [1.807, 2.05) is 18.2 Å². The minimum absolute atomic E-state index is 0.0901. The van der Waals surface area contributed by atoms with Crippen LogP contribution in [0.15, 0.2) is 48.7 Å². The maximum Gasteiger partial charge on any atom is 0.312 e. The molecule has 3 amide bonds. The number of halogens is 1. The predicted molar refractivity (Wildman–Crippen MR) is 92.5 cm³/mol. The van der Waals surface area contributed by atoms with E-state index in [0.717, 1.165) is 11.3 Å². The number of carbonyl (C=O) groups is 2. The molecule has 0 aliphatic rings. The first kappa shape index (κ1) is 17.7. The first-order chi connectivity index (χ1) is 11.5. The van der Waals surface area contributed by atoms with Gasteiger partial charge in [-0.05, 0) is 29.8 Å². The van der Waals surface area contributed by atoms with Crippen LogP contribution in [0.2, 0.25) is 5.02 Å². The van der Waals surface area contributed by atoms with Crippen molar-refractivity contribution < 1.29 is 9.59 Å². The number of urea groups is 1. The van der Waals surface area contributed by atoms with Crippen LogP contribution >= 0.6 is 11.6 Å². The maximum absolute atomic E-state index is 12.1. The number of hydrogen-bond donors (Lipinski definition) is 3. The summed E-state index contributed by atoms with van der Waals surface area (Å²) in [5, 5.41) is 5.98. The number of hydrogen-bond acceptors (Lipinski definition) is 3. The fourth-order valence-electron chi connectivity index (χ4n) is 2.25. The zero-order chi connectivity index (χ0) is 17.4. The van der Waals surface area contributed by atoms with Crippen LogP contribution < -0.4 is 16.4 Å². The zero-order valence-corrected chi connectivity index (χ0v) is 13.8. The molecule has 1 aromatic heterocycles. The van der Waals surface area contributed by atoms with E-state index in [0.29, 0.717) is 18.0 Å². The second-order valence-electron chi connectivity index (χ2n) is 5.24. The van der Waals surface area contributed by atoms with Gasteiger partial charge in [-0.3, -0.25) is 9.78 Å². The van der Waals surface area contributed by atoms with Gasteiger partial charge in [0.15, 0.2) is 0 Å². The summed E-state index contributed by atoms with van der Waals surface area (Å²) in [5.41, 5.74) is 6.86. The minimum atomic E-state index is -0.684. The van der Waals surface area contributed by atoms with Gasteiger partial charge in [-0.2, -0.15) is 0 Å². The van der Waals surface area contributed by atoms with Crippen molar-refractivity contribution in [1.29, 1.82) is 0 Å². The Morgan fingerprint density at radius 3 is 2.54 bits per heavy atom. The summed E-state index contributed by atoms with van der Waals surface area (Å²) in [6.45, 7) is 0.472. The first-order valence-corrected chi connectivity index (χ1v) is 7.90. The van der Waals surface area contributed by atoms with Gasteiger partial charge in [0, 0.05) is 29.9 Å². The summed E-state index contributed by atoms with van der Waals surface area (Å²) < 4.78 is 0. The number of pyridine rings is 1. The molecule has 0 spiro atoms. The number of aromatic nitrogens is 1. The third kappa shape index (κ3) is 5.89. The number of nitrogens with one attached hydrogen (secondary N) is 2. The van der Waals surface area contributed by atoms with Crippen LogP contribution in [0, 0.1) is 0 Å². The highest BCUT2D eigenvalue weighted by atomic mass is 35.5. The maximum atomic E-state index is 12.1. The highest BCUT2D eigenvalue weighted by molar-refractivity contribution is 6.30. The molecule has 0 bridgehead atoms. The van der Waals surface area contributed by atoms with Gasteiger partial charge in [-0.15, -0.1) is 0 Å². The Morgan fingerprint density at radius 1 is 1.17 bits per heavy atom. The lowest BCUT2D eigenvalue weighted by atomic mass is 10.0. The number of carbonyl (C=O) groups excluding carboxylic acids is 2. The Hall–Kier alpha value is -2.60. The van der Waals surface area contributed by atoms with Crippen LogP contribution in [-0.4, -0.2) is 23.5 Å². The Kier molecular flexibility index (Phi) is 6.57. The Bertz CT molecular complexity index is 677. The van der Waals surface area contributed by atoms with Crippen LogP contribution in [0.5, 0.6) is 0 Å². The molecule has 0 unspecified atom stereocenters. The molecule has 1 heterocycles. The van der Waals surface area contributed by atoms with Gasteiger partial charge in [0.25, 0.3) is 0 Å². The van der Waals surface area contributed by atoms with Gasteiger partial charge in [-0.1, -0.05) is 29.8 Å². The van der Waals surface area contributed by atoms with Crippen molar-refractivity contribution in [2.24, 2.45) is 5.73 Å². The second-order valence-corrected chi connectivity index (χ2v) is 5.67. The van der Waals surface area contributed by atoms with Crippen molar-refractivity contribution in [2.45, 2.75) is 18.9 Å². The monoisotopic (exact) mass is 346 g/mol. The number of amides is 3. The molecule has 0 saturated carbocycles. The van der Waals surface area contributed by atoms with Crippen LogP contribution in [-0.2, 0) is 11.2 Å². The molecule has 6 nitrogen and oxygen atoms in total. The molecule has 7 heteroatoms. The average molecular weight is 347 g/mol. The van der Waals surface area contributed by atoms with E-state index in [-0.39, 0.29) is 12.3 Å². The predicted octanol–water partition coefficient (Wildman–Crippen LogP) is 2.19. The van der Waals surface area contributed by atoms with E-state index in [1.165, 1.54) is 0 Å². The minimum Gasteiger partial charge on any atom is -0.356 e. The molecule has 1 aromatic carbocycles. The van der Waals surface area contributed by atoms with Crippen molar-refractivity contribution in [3.05, 3.63) is 64.9 Å². The molecule has 0 radical (unpaired) electrons. The van der Waals surface area contributed by atoms with E-state index in [2.05, 4.69) is 15.6 Å². The molecule has 0 aliphatic heterocycles. The lowest BCUT2D eigenvalue weighted by Crippen LogP contribution is -2.37. The summed E-state index contributed by atoms with van der Waals surface area (Å²) in [7, 11) is 0. The van der Waals surface area contributed by atoms with Crippen molar-refractivity contribution >= 4 is 23.5 Å². The van der Waals surface area contributed by atoms with Gasteiger partial charge in [0.1, 0.15) is 0 Å². The third-order valence-corrected chi connectivity index (χ3v) is 3.66. The van der Waals surface area contributed by atoms with Crippen LogP contribution in [0.25, 0.3) is 0 Å². The summed E-state index contributed by atoms with van der Waals surface area (Å²) in [4.78, 5) is 27.5. The Balaban J connectivity index is 1.89. The standard InChI is InChI=1S/C17H19ClN4O2/c18-13-6-4-12(5-7-13)15(22-17(19)24)11-16(23)21-10-8-14-3-1-2-9-20-14/h1-7,9,15H,8,10-11H2,(H,21,23)(H3,19,22,24)/t15-/m1/s1. The second kappa shape index (κ2) is 8.88. The fourth-order valence-corrected chi connectivity index (χ4v) is 2.38. The highest BCUT2D eigenvalue weighted by Crippen LogP contribution is 2.19. The molecular formula is C17H19ClN4O2. The molecule has 1 atom stereocenters. The highest BCUT2D eigenvalue weighted by Gasteiger charge is 2.17. The molecule has 4 N–H and O–H groups in total. The lowest BCUT2D eigenvalue weighted by molar-refractivity contribution is -0.121. The van der Waals surface area contributed by atoms with Crippen molar-refractivity contribution in [1.82, 2.24) is 15.6 Å². The molecule has 2 rings (SSSR count). The lowest BCUT2D eigenvalue weighted by Gasteiger charge is -2.18. The molecular weight excluding hydrogens is 328 g/mol. The van der Waals surface area contributed by atoms with Crippen LogP contribution in [0.1, 0.15) is 23.7 Å². The molecule has 2 aromatic rings. The van der Waals surface area contributed by atoms with E-state index in [1.54, 1.807) is 30.5 Å². The normalized spacial score (nSPS) is 11.5. The third-order valence-electron chi connectivity index (χ3n) is 3.41. The Labute approximate surface area is 145 Å². The summed E-state index contributed by atoms with van der Waals surface area (Å²) in [5.74, 6) is -0.181. The molecule has 0 saturated heterocycles. The SMILES string of the molecule is NC(=O)N[C@H](CC(=O)NCCc1ccccn1)c1ccc(Cl)cc1. The Morgan fingerprint density at radius 2 is 1.92 bits per heavy atom. The van der Waals surface area contributed by atoms with Gasteiger partial charge in [0.05, 0.1) is 12.5 Å². The zero-order valence-electron chi connectivity index (χ0n) is 13.0. The van der Waals surface area contributed by atoms with Gasteiger partial charge < -0.3 is 16.4 Å². The number of nitrogens with zero attached hydrogens (tertiary/aromatic N) is 1. The largest absolute Gasteiger partial charge is 0.356 e. The van der Waals surface area contributed by atoms with Crippen molar-refractivity contribution in [3.63, 3.8) is 0 Å². The van der Waals surface area contributed by atoms with Crippen LogP contribution in [0.3, 0.4) is 0 Å². The first-order valence-electron chi connectivity index (χ1n) is 7.52. The number of benzene rings is 1. The molecule has 0 fully saturated rings. The summed E-state index contributed by atoms with van der Waals surface area (Å²) >= 11 is 5.86. The summed E-state index contributed by atoms with van der Waals surface area (Å²) in [6.07, 6.45) is 2.44. The van der Waals surface area contributed by atoms with E-state index in [9.17, 15) is 9.59 Å². The number of nitrogens with two attached hydrogens (primary N) is 1. The van der Waals surface area contributed by atoms with Gasteiger partial charge in [0.2, 0.25) is 5.91 Å². The van der Waals surface area contributed by atoms with Gasteiger partial charge >= 0.3 is 6.03 Å². The van der Waals surface area contributed by atoms with Crippen molar-refractivity contribution in [2.75, 3.05) is 6.54 Å². The summed E-state index contributed by atoms with van der Waals surface area (Å²) in [6, 6.07) is 11.4. The molecule has 0 aliphatic carbocycles. The van der Waals surface area contributed by atoms with E-state index in [4.69, 9.17) is 17.3 Å². The topological polar surface area (TPSA) is 97.1 Å².